The highest BCUT2D eigenvalue weighted by Crippen LogP contribution is 2.36. The SMILES string of the molecule is Cc1oncc1C(=O)N1CC2CCCC(N)C2C1. The molecule has 1 aromatic heterocycles. The van der Waals surface area contributed by atoms with E-state index in [4.69, 9.17) is 10.3 Å². The van der Waals surface area contributed by atoms with Crippen LogP contribution in [0.25, 0.3) is 0 Å². The monoisotopic (exact) mass is 249 g/mol. The summed E-state index contributed by atoms with van der Waals surface area (Å²) < 4.78 is 4.96. The molecule has 1 amide bonds. The largest absolute Gasteiger partial charge is 0.361 e. The van der Waals surface area contributed by atoms with Gasteiger partial charge in [-0.05, 0) is 31.6 Å². The van der Waals surface area contributed by atoms with E-state index in [9.17, 15) is 4.79 Å². The number of nitrogens with two attached hydrogens (primary N) is 1. The smallest absolute Gasteiger partial charge is 0.259 e. The van der Waals surface area contributed by atoms with E-state index in [0.29, 0.717) is 23.2 Å². The molecule has 1 saturated carbocycles. The molecule has 2 aliphatic rings. The molecule has 98 valence electrons. The number of hydrogen-bond acceptors (Lipinski definition) is 4. The number of carbonyl (C=O) groups excluding carboxylic acids is 1. The second-order valence-corrected chi connectivity index (χ2v) is 5.52. The third kappa shape index (κ3) is 1.82. The Morgan fingerprint density at radius 1 is 1.50 bits per heavy atom. The van der Waals surface area contributed by atoms with Crippen LogP contribution in [0.4, 0.5) is 0 Å². The number of likely N-dealkylation sites (tertiary alicyclic amines) is 1. The third-order valence-electron chi connectivity index (χ3n) is 4.42. The molecular weight excluding hydrogens is 230 g/mol. The first-order valence-corrected chi connectivity index (χ1v) is 6.63. The van der Waals surface area contributed by atoms with Gasteiger partial charge >= 0.3 is 0 Å². The fraction of sp³-hybridized carbons (Fsp3) is 0.692. The van der Waals surface area contributed by atoms with Crippen LogP contribution in [0.5, 0.6) is 0 Å². The number of amides is 1. The molecule has 3 atom stereocenters. The van der Waals surface area contributed by atoms with Crippen molar-refractivity contribution in [2.45, 2.75) is 32.2 Å². The minimum atomic E-state index is 0.0374. The molecule has 3 rings (SSSR count). The zero-order valence-electron chi connectivity index (χ0n) is 10.6. The second-order valence-electron chi connectivity index (χ2n) is 5.52. The van der Waals surface area contributed by atoms with Crippen molar-refractivity contribution in [1.29, 1.82) is 0 Å². The van der Waals surface area contributed by atoms with Crippen LogP contribution in [0.2, 0.25) is 0 Å². The van der Waals surface area contributed by atoms with Gasteiger partial charge in [-0.2, -0.15) is 0 Å². The normalized spacial score (nSPS) is 31.4. The van der Waals surface area contributed by atoms with E-state index in [1.807, 2.05) is 4.90 Å². The van der Waals surface area contributed by atoms with Crippen molar-refractivity contribution in [1.82, 2.24) is 10.1 Å². The summed E-state index contributed by atoms with van der Waals surface area (Å²) in [5.41, 5.74) is 6.75. The van der Waals surface area contributed by atoms with E-state index in [2.05, 4.69) is 5.16 Å². The average molecular weight is 249 g/mol. The predicted octanol–water partition coefficient (Wildman–Crippen LogP) is 1.18. The molecule has 18 heavy (non-hydrogen) atoms. The Hall–Kier alpha value is -1.36. The molecule has 2 heterocycles. The van der Waals surface area contributed by atoms with Crippen molar-refractivity contribution >= 4 is 5.91 Å². The summed E-state index contributed by atoms with van der Waals surface area (Å²) >= 11 is 0. The fourth-order valence-electron chi connectivity index (χ4n) is 3.36. The maximum atomic E-state index is 12.4. The lowest BCUT2D eigenvalue weighted by Gasteiger charge is -2.29. The summed E-state index contributed by atoms with van der Waals surface area (Å²) in [5.74, 6) is 1.69. The van der Waals surface area contributed by atoms with E-state index in [1.54, 1.807) is 6.92 Å². The maximum Gasteiger partial charge on any atom is 0.259 e. The number of rotatable bonds is 1. The van der Waals surface area contributed by atoms with Crippen molar-refractivity contribution in [3.05, 3.63) is 17.5 Å². The Kier molecular flexibility index (Phi) is 2.86. The molecule has 0 bridgehead atoms. The molecule has 1 saturated heterocycles. The summed E-state index contributed by atoms with van der Waals surface area (Å²) in [5, 5.41) is 3.67. The van der Waals surface area contributed by atoms with E-state index in [1.165, 1.54) is 19.0 Å². The van der Waals surface area contributed by atoms with Crippen LogP contribution in [-0.4, -0.2) is 35.1 Å². The van der Waals surface area contributed by atoms with Gasteiger partial charge in [0.1, 0.15) is 11.3 Å². The Balaban J connectivity index is 1.75. The minimum absolute atomic E-state index is 0.0374. The lowest BCUT2D eigenvalue weighted by molar-refractivity contribution is 0.0781. The number of hydrogen-bond donors (Lipinski definition) is 1. The Morgan fingerprint density at radius 2 is 2.33 bits per heavy atom. The van der Waals surface area contributed by atoms with Crippen LogP contribution in [0.1, 0.15) is 35.4 Å². The average Bonchev–Trinajstić information content (AvgIpc) is 2.95. The van der Waals surface area contributed by atoms with Crippen LogP contribution >= 0.6 is 0 Å². The highest BCUT2D eigenvalue weighted by molar-refractivity contribution is 5.95. The molecule has 5 heteroatoms. The van der Waals surface area contributed by atoms with E-state index >= 15 is 0 Å². The lowest BCUT2D eigenvalue weighted by atomic mass is 9.78. The van der Waals surface area contributed by atoms with Gasteiger partial charge in [-0.3, -0.25) is 4.79 Å². The first-order chi connectivity index (χ1) is 8.66. The van der Waals surface area contributed by atoms with Gasteiger partial charge in [-0.25, -0.2) is 0 Å². The molecule has 1 aromatic rings. The molecule has 0 radical (unpaired) electrons. The Labute approximate surface area is 106 Å². The summed E-state index contributed by atoms with van der Waals surface area (Å²) in [6, 6.07) is 0.255. The summed E-state index contributed by atoms with van der Waals surface area (Å²) in [6.45, 7) is 3.40. The molecule has 0 spiro atoms. The van der Waals surface area contributed by atoms with Gasteiger partial charge in [-0.15, -0.1) is 0 Å². The highest BCUT2D eigenvalue weighted by Gasteiger charge is 2.40. The Bertz CT molecular complexity index is 457. The van der Waals surface area contributed by atoms with Gasteiger partial charge < -0.3 is 15.2 Å². The molecule has 3 unspecified atom stereocenters. The molecular formula is C13H19N3O2. The van der Waals surface area contributed by atoms with Crippen LogP contribution < -0.4 is 5.73 Å². The van der Waals surface area contributed by atoms with Gasteiger partial charge in [0.2, 0.25) is 0 Å². The van der Waals surface area contributed by atoms with Crippen molar-refractivity contribution in [3.8, 4) is 0 Å². The topological polar surface area (TPSA) is 72.4 Å². The van der Waals surface area contributed by atoms with Gasteiger partial charge in [0, 0.05) is 19.1 Å². The number of aryl methyl sites for hydroxylation is 1. The molecule has 0 aromatic carbocycles. The zero-order valence-corrected chi connectivity index (χ0v) is 10.6. The zero-order chi connectivity index (χ0) is 12.7. The Morgan fingerprint density at radius 3 is 3.00 bits per heavy atom. The third-order valence-corrected chi connectivity index (χ3v) is 4.42. The minimum Gasteiger partial charge on any atom is -0.361 e. The second kappa shape index (κ2) is 4.39. The van der Waals surface area contributed by atoms with Gasteiger partial charge in [-0.1, -0.05) is 11.6 Å². The van der Waals surface area contributed by atoms with Crippen molar-refractivity contribution in [2.24, 2.45) is 17.6 Å². The van der Waals surface area contributed by atoms with Crippen LogP contribution in [0.15, 0.2) is 10.7 Å². The van der Waals surface area contributed by atoms with E-state index < -0.39 is 0 Å². The van der Waals surface area contributed by atoms with Crippen molar-refractivity contribution in [3.63, 3.8) is 0 Å². The number of fused-ring (bicyclic) bond motifs is 1. The van der Waals surface area contributed by atoms with Crippen LogP contribution in [0.3, 0.4) is 0 Å². The quantitative estimate of drug-likeness (QED) is 0.811. The van der Waals surface area contributed by atoms with Crippen LogP contribution in [0, 0.1) is 18.8 Å². The lowest BCUT2D eigenvalue weighted by Crippen LogP contribution is -2.38. The first kappa shape index (κ1) is 11.7. The summed E-state index contributed by atoms with van der Waals surface area (Å²) in [6.07, 6.45) is 5.00. The van der Waals surface area contributed by atoms with Crippen molar-refractivity contribution in [2.75, 3.05) is 13.1 Å². The van der Waals surface area contributed by atoms with Crippen molar-refractivity contribution < 1.29 is 9.32 Å². The molecule has 2 N–H and O–H groups in total. The van der Waals surface area contributed by atoms with E-state index in [0.717, 1.165) is 19.5 Å². The molecule has 2 fully saturated rings. The first-order valence-electron chi connectivity index (χ1n) is 6.63. The van der Waals surface area contributed by atoms with Gasteiger partial charge in [0.05, 0.1) is 6.20 Å². The maximum absolute atomic E-state index is 12.4. The van der Waals surface area contributed by atoms with E-state index in [-0.39, 0.29) is 11.9 Å². The number of carbonyl (C=O) groups is 1. The standard InChI is InChI=1S/C13H19N3O2/c1-8-10(5-15-18-8)13(17)16-6-9-3-2-4-12(14)11(9)7-16/h5,9,11-12H,2-4,6-7,14H2,1H3. The van der Waals surface area contributed by atoms with Crippen LogP contribution in [-0.2, 0) is 0 Å². The predicted molar refractivity (Wildman–Crippen MR) is 65.9 cm³/mol. The molecule has 1 aliphatic heterocycles. The summed E-state index contributed by atoms with van der Waals surface area (Å²) in [4.78, 5) is 14.3. The summed E-state index contributed by atoms with van der Waals surface area (Å²) in [7, 11) is 0. The van der Waals surface area contributed by atoms with Gasteiger partial charge in [0.25, 0.3) is 5.91 Å². The fourth-order valence-corrected chi connectivity index (χ4v) is 3.36. The number of aromatic nitrogens is 1. The van der Waals surface area contributed by atoms with Gasteiger partial charge in [0.15, 0.2) is 0 Å². The molecule has 1 aliphatic carbocycles. The highest BCUT2D eigenvalue weighted by atomic mass is 16.5. The molecule has 5 nitrogen and oxygen atoms in total. The number of nitrogens with zero attached hydrogens (tertiary/aromatic N) is 2.